The molecule has 0 radical (unpaired) electrons. The van der Waals surface area contributed by atoms with Crippen LogP contribution in [0.1, 0.15) is 55.7 Å². The molecule has 2 aliphatic rings. The molecular weight excluding hydrogens is 519 g/mol. The van der Waals surface area contributed by atoms with Gasteiger partial charge in [0.25, 0.3) is 5.91 Å². The lowest BCUT2D eigenvalue weighted by Crippen LogP contribution is -2.55. The number of aromatic nitrogens is 3. The van der Waals surface area contributed by atoms with Crippen LogP contribution in [0.4, 0.5) is 15.0 Å². The molecule has 0 spiro atoms. The molecule has 1 fully saturated rings. The van der Waals surface area contributed by atoms with Crippen LogP contribution in [0.5, 0.6) is 0 Å². The maximum atomic E-state index is 15.0. The number of rotatable bonds is 3. The lowest BCUT2D eigenvalue weighted by atomic mass is 9.92. The Hall–Kier alpha value is -4.34. The second kappa shape index (κ2) is 9.69. The molecule has 12 heteroatoms. The fourth-order valence-electron chi connectivity index (χ4n) is 4.91. The number of carbonyl (C=O) groups is 2. The monoisotopic (exact) mass is 548 g/mol. The molecule has 2 atom stereocenters. The van der Waals surface area contributed by atoms with Gasteiger partial charge >= 0.3 is 6.09 Å². The fraction of sp³-hybridized carbons (Fsp3) is 0.393. The lowest BCUT2D eigenvalue weighted by molar-refractivity contribution is -0.0693. The normalized spacial score (nSPS) is 20.9. The minimum absolute atomic E-state index is 0.0364. The van der Waals surface area contributed by atoms with Crippen LogP contribution in [-0.4, -0.2) is 72.3 Å². The molecule has 0 saturated carbocycles. The van der Waals surface area contributed by atoms with E-state index in [2.05, 4.69) is 10.1 Å². The third-order valence-electron chi connectivity index (χ3n) is 6.89. The zero-order valence-electron chi connectivity index (χ0n) is 22.6. The first-order chi connectivity index (χ1) is 18.8. The number of benzene rings is 1. The second-order valence-electron chi connectivity index (χ2n) is 11.2. The number of fused-ring (bicyclic) bond motifs is 1. The first-order valence-electron chi connectivity index (χ1n) is 12.8. The highest BCUT2D eigenvalue weighted by Crippen LogP contribution is 2.35. The van der Waals surface area contributed by atoms with E-state index in [0.717, 1.165) is 4.90 Å². The van der Waals surface area contributed by atoms with E-state index in [4.69, 9.17) is 4.74 Å². The van der Waals surface area contributed by atoms with Crippen LogP contribution in [0.2, 0.25) is 0 Å². The maximum absolute atomic E-state index is 15.0. The summed E-state index contributed by atoms with van der Waals surface area (Å²) in [6, 6.07) is 9.23. The number of nitriles is 1. The van der Waals surface area contributed by atoms with Crippen LogP contribution in [0.15, 0.2) is 36.5 Å². The van der Waals surface area contributed by atoms with Gasteiger partial charge in [0.1, 0.15) is 17.0 Å². The van der Waals surface area contributed by atoms with Gasteiger partial charge in [0.2, 0.25) is 0 Å². The predicted octanol–water partition coefficient (Wildman–Crippen LogP) is 3.16. The number of amides is 2. The summed E-state index contributed by atoms with van der Waals surface area (Å²) < 4.78 is 21.8. The van der Waals surface area contributed by atoms with Gasteiger partial charge < -0.3 is 19.8 Å². The molecule has 4 heterocycles. The number of imide groups is 1. The number of aliphatic hydroxyl groups excluding tert-OH is 1. The van der Waals surface area contributed by atoms with Gasteiger partial charge in [0, 0.05) is 18.8 Å². The number of anilines is 1. The van der Waals surface area contributed by atoms with E-state index in [1.54, 1.807) is 40.0 Å². The van der Waals surface area contributed by atoms with E-state index < -0.39 is 35.1 Å². The Bertz CT molecular complexity index is 1550. The Morgan fingerprint density at radius 1 is 1.27 bits per heavy atom. The van der Waals surface area contributed by atoms with Gasteiger partial charge in [-0.05, 0) is 52.3 Å². The summed E-state index contributed by atoms with van der Waals surface area (Å²) in [5.74, 6) is -0.827. The van der Waals surface area contributed by atoms with E-state index in [-0.39, 0.29) is 46.9 Å². The highest BCUT2D eigenvalue weighted by atomic mass is 19.1. The van der Waals surface area contributed by atoms with Crippen LogP contribution < -0.4 is 4.90 Å². The van der Waals surface area contributed by atoms with Crippen molar-refractivity contribution in [3.05, 3.63) is 59.2 Å². The molecule has 2 N–H and O–H groups in total. The van der Waals surface area contributed by atoms with Crippen LogP contribution in [0.3, 0.4) is 0 Å². The van der Waals surface area contributed by atoms with Crippen molar-refractivity contribution in [1.82, 2.24) is 19.7 Å². The average molecular weight is 549 g/mol. The molecule has 1 unspecified atom stereocenters. The molecule has 2 aromatic heterocycles. The molecule has 3 aromatic rings. The first-order valence-corrected chi connectivity index (χ1v) is 12.8. The highest BCUT2D eigenvalue weighted by molar-refractivity contribution is 6.08. The van der Waals surface area contributed by atoms with Crippen molar-refractivity contribution in [2.24, 2.45) is 0 Å². The first kappa shape index (κ1) is 27.2. The number of aliphatic hydroxyl groups is 2. The molecule has 1 saturated heterocycles. The molecule has 0 aliphatic carbocycles. The molecule has 5 rings (SSSR count). The van der Waals surface area contributed by atoms with Gasteiger partial charge in [-0.15, -0.1) is 0 Å². The number of pyridine rings is 1. The Kier molecular flexibility index (Phi) is 6.60. The SMILES string of the molecule is CC(C)(C)OC(=O)N1Cc2nc(-c3c(F)cccc3C#N)cc(-n3ccc(N4CC[C@@H](O)C(C)(O)C4)n3)c2C1=O. The minimum atomic E-state index is -1.34. The van der Waals surface area contributed by atoms with Gasteiger partial charge in [0.15, 0.2) is 5.82 Å². The van der Waals surface area contributed by atoms with Crippen molar-refractivity contribution < 1.29 is 28.9 Å². The number of piperidine rings is 1. The molecule has 11 nitrogen and oxygen atoms in total. The van der Waals surface area contributed by atoms with Crippen molar-refractivity contribution in [3.63, 3.8) is 0 Å². The van der Waals surface area contributed by atoms with Gasteiger partial charge in [-0.1, -0.05) is 6.07 Å². The van der Waals surface area contributed by atoms with Gasteiger partial charge in [-0.2, -0.15) is 10.4 Å². The van der Waals surface area contributed by atoms with E-state index in [1.165, 1.54) is 28.9 Å². The largest absolute Gasteiger partial charge is 0.443 e. The molecule has 208 valence electrons. The summed E-state index contributed by atoms with van der Waals surface area (Å²) in [7, 11) is 0. The standard InChI is InChI=1S/C28H29FN6O5/c1-27(2,3)40-26(38)34-14-19-24(25(34)37)20(12-18(31-19)23-16(13-30)6-5-7-17(23)29)35-11-9-22(32-35)33-10-8-21(36)28(4,39)15-33/h5-7,9,11-12,21,36,39H,8,10,14-15H2,1-4H3/t21-,28?/m1/s1. The van der Waals surface area contributed by atoms with E-state index >= 15 is 4.39 Å². The molecule has 2 aliphatic heterocycles. The predicted molar refractivity (Wildman–Crippen MR) is 141 cm³/mol. The van der Waals surface area contributed by atoms with Crippen molar-refractivity contribution in [3.8, 4) is 23.0 Å². The zero-order chi connectivity index (χ0) is 29.0. The summed E-state index contributed by atoms with van der Waals surface area (Å²) >= 11 is 0. The number of carbonyl (C=O) groups excluding carboxylic acids is 2. The molecule has 0 bridgehead atoms. The number of hydrogen-bond acceptors (Lipinski definition) is 9. The van der Waals surface area contributed by atoms with Crippen molar-refractivity contribution in [2.45, 2.75) is 58.0 Å². The zero-order valence-corrected chi connectivity index (χ0v) is 22.6. The number of halogens is 1. The third kappa shape index (κ3) is 4.89. The topological polar surface area (TPSA) is 145 Å². The summed E-state index contributed by atoms with van der Waals surface area (Å²) in [6.07, 6.45) is 0.220. The molecule has 2 amide bonds. The second-order valence-corrected chi connectivity index (χ2v) is 11.2. The number of β-amino-alcohol motifs (C(OH)–C–C–N with tert-alkyl or cyclic N) is 1. The van der Waals surface area contributed by atoms with E-state index in [1.807, 2.05) is 11.0 Å². The molecule has 40 heavy (non-hydrogen) atoms. The Balaban J connectivity index is 1.62. The Morgan fingerprint density at radius 2 is 2.02 bits per heavy atom. The maximum Gasteiger partial charge on any atom is 0.417 e. The van der Waals surface area contributed by atoms with Crippen LogP contribution in [0, 0.1) is 17.1 Å². The van der Waals surface area contributed by atoms with E-state index in [0.29, 0.717) is 18.8 Å². The van der Waals surface area contributed by atoms with E-state index in [9.17, 15) is 25.1 Å². The highest BCUT2D eigenvalue weighted by Gasteiger charge is 2.40. The Labute approximate surface area is 230 Å². The molecular formula is C28H29FN6O5. The number of hydrogen-bond donors (Lipinski definition) is 2. The smallest absolute Gasteiger partial charge is 0.417 e. The van der Waals surface area contributed by atoms with Gasteiger partial charge in [-0.3, -0.25) is 4.79 Å². The van der Waals surface area contributed by atoms with Crippen molar-refractivity contribution in [2.75, 3.05) is 18.0 Å². The lowest BCUT2D eigenvalue weighted by Gasteiger charge is -2.40. The van der Waals surface area contributed by atoms with Crippen LogP contribution in [0.25, 0.3) is 16.9 Å². The number of ether oxygens (including phenoxy) is 1. The average Bonchev–Trinajstić information content (AvgIpc) is 3.49. The van der Waals surface area contributed by atoms with Crippen LogP contribution >= 0.6 is 0 Å². The summed E-state index contributed by atoms with van der Waals surface area (Å²) in [4.78, 5) is 33.7. The quantitative estimate of drug-likeness (QED) is 0.504. The summed E-state index contributed by atoms with van der Waals surface area (Å²) in [6.45, 7) is 6.98. The summed E-state index contributed by atoms with van der Waals surface area (Å²) in [5.41, 5.74) is -1.52. The Morgan fingerprint density at radius 3 is 2.70 bits per heavy atom. The van der Waals surface area contributed by atoms with Gasteiger partial charge in [-0.25, -0.2) is 23.8 Å². The van der Waals surface area contributed by atoms with Crippen molar-refractivity contribution >= 4 is 17.8 Å². The summed E-state index contributed by atoms with van der Waals surface area (Å²) in [5, 5.41) is 34.9. The number of nitrogens with zero attached hydrogens (tertiary/aromatic N) is 6. The van der Waals surface area contributed by atoms with Gasteiger partial charge in [0.05, 0.1) is 59.0 Å². The fourth-order valence-corrected chi connectivity index (χ4v) is 4.91. The third-order valence-corrected chi connectivity index (χ3v) is 6.89. The van der Waals surface area contributed by atoms with Crippen molar-refractivity contribution in [1.29, 1.82) is 5.26 Å². The minimum Gasteiger partial charge on any atom is -0.443 e. The van der Waals surface area contributed by atoms with Crippen LogP contribution in [-0.2, 0) is 11.3 Å². The molecule has 1 aromatic carbocycles.